The molecule has 2 atom stereocenters. The van der Waals surface area contributed by atoms with E-state index >= 15 is 0 Å². The highest BCUT2D eigenvalue weighted by Gasteiger charge is 2.46. The Morgan fingerprint density at radius 2 is 2.00 bits per heavy atom. The second kappa shape index (κ2) is 3.83. The van der Waals surface area contributed by atoms with E-state index in [0.29, 0.717) is 6.42 Å². The van der Waals surface area contributed by atoms with Crippen molar-refractivity contribution in [1.29, 1.82) is 0 Å². The maximum atomic E-state index is 12.0. The summed E-state index contributed by atoms with van der Waals surface area (Å²) in [5.74, 6) is 0.0880. The van der Waals surface area contributed by atoms with Gasteiger partial charge in [0.05, 0.1) is 0 Å². The first-order valence-corrected chi connectivity index (χ1v) is 5.43. The molecule has 1 rings (SSSR count). The van der Waals surface area contributed by atoms with E-state index in [4.69, 9.17) is 0 Å². The molecule has 1 N–H and O–H groups in total. The second-order valence-electron chi connectivity index (χ2n) is 4.72. The molecule has 86 valence electrons. The monoisotopic (exact) mass is 212 g/mol. The van der Waals surface area contributed by atoms with E-state index in [2.05, 4.69) is 5.32 Å². The standard InChI is InChI=1S/C11H20N2O2/c1-6-11(4)10(15)12-8(7(2)3)9(14)13(11)5/h7-8H,6H2,1-5H3,(H,12,15). The van der Waals surface area contributed by atoms with Crippen LogP contribution >= 0.6 is 0 Å². The van der Waals surface area contributed by atoms with Gasteiger partial charge in [-0.15, -0.1) is 0 Å². The third-order valence-corrected chi connectivity index (χ3v) is 3.47. The maximum absolute atomic E-state index is 12.0. The molecule has 4 heteroatoms. The van der Waals surface area contributed by atoms with Gasteiger partial charge in [-0.2, -0.15) is 0 Å². The fourth-order valence-corrected chi connectivity index (χ4v) is 1.81. The van der Waals surface area contributed by atoms with Crippen molar-refractivity contribution in [2.75, 3.05) is 7.05 Å². The molecule has 2 amide bonds. The minimum Gasteiger partial charge on any atom is -0.342 e. The molecule has 0 aromatic carbocycles. The van der Waals surface area contributed by atoms with Crippen LogP contribution in [0.25, 0.3) is 0 Å². The summed E-state index contributed by atoms with van der Waals surface area (Å²) in [4.78, 5) is 25.5. The third-order valence-electron chi connectivity index (χ3n) is 3.47. The van der Waals surface area contributed by atoms with Gasteiger partial charge in [-0.1, -0.05) is 20.8 Å². The number of amides is 2. The van der Waals surface area contributed by atoms with Crippen LogP contribution in [0.3, 0.4) is 0 Å². The van der Waals surface area contributed by atoms with E-state index in [-0.39, 0.29) is 23.8 Å². The normalized spacial score (nSPS) is 32.1. The minimum absolute atomic E-state index is 0.00829. The Balaban J connectivity index is 2.99. The van der Waals surface area contributed by atoms with Crippen molar-refractivity contribution in [2.24, 2.45) is 5.92 Å². The van der Waals surface area contributed by atoms with Gasteiger partial charge in [0.1, 0.15) is 11.6 Å². The highest BCUT2D eigenvalue weighted by atomic mass is 16.2. The second-order valence-corrected chi connectivity index (χ2v) is 4.72. The SMILES string of the molecule is CCC1(C)C(=O)NC(C(C)C)C(=O)N1C. The van der Waals surface area contributed by atoms with Gasteiger partial charge in [-0.3, -0.25) is 9.59 Å². The molecule has 0 aromatic heterocycles. The molecule has 1 aliphatic rings. The van der Waals surface area contributed by atoms with Gasteiger partial charge >= 0.3 is 0 Å². The Morgan fingerprint density at radius 1 is 1.47 bits per heavy atom. The van der Waals surface area contributed by atoms with Gasteiger partial charge in [0.2, 0.25) is 11.8 Å². The van der Waals surface area contributed by atoms with Crippen LogP contribution in [0, 0.1) is 5.92 Å². The number of nitrogens with zero attached hydrogens (tertiary/aromatic N) is 1. The van der Waals surface area contributed by atoms with Gasteiger partial charge in [-0.25, -0.2) is 0 Å². The zero-order chi connectivity index (χ0) is 11.8. The first kappa shape index (κ1) is 12.0. The quantitative estimate of drug-likeness (QED) is 0.735. The highest BCUT2D eigenvalue weighted by molar-refractivity contribution is 5.99. The van der Waals surface area contributed by atoms with Gasteiger partial charge in [0.25, 0.3) is 0 Å². The summed E-state index contributed by atoms with van der Waals surface area (Å²) in [6, 6.07) is -0.373. The van der Waals surface area contributed by atoms with E-state index < -0.39 is 5.54 Å². The fraction of sp³-hybridized carbons (Fsp3) is 0.818. The van der Waals surface area contributed by atoms with Crippen LogP contribution in [0.5, 0.6) is 0 Å². The molecular weight excluding hydrogens is 192 g/mol. The number of carbonyl (C=O) groups excluding carboxylic acids is 2. The van der Waals surface area contributed by atoms with Crippen LogP contribution in [0.15, 0.2) is 0 Å². The summed E-state index contributed by atoms with van der Waals surface area (Å²) >= 11 is 0. The Morgan fingerprint density at radius 3 is 2.40 bits per heavy atom. The summed E-state index contributed by atoms with van der Waals surface area (Å²) in [6.07, 6.45) is 0.631. The Bertz CT molecular complexity index is 288. The fourth-order valence-electron chi connectivity index (χ4n) is 1.81. The molecule has 1 heterocycles. The molecule has 4 nitrogen and oxygen atoms in total. The molecule has 0 aromatic rings. The smallest absolute Gasteiger partial charge is 0.246 e. The summed E-state index contributed by atoms with van der Waals surface area (Å²) in [6.45, 7) is 7.59. The lowest BCUT2D eigenvalue weighted by Gasteiger charge is -2.44. The van der Waals surface area contributed by atoms with E-state index in [1.54, 1.807) is 18.9 Å². The summed E-state index contributed by atoms with van der Waals surface area (Å²) in [5.41, 5.74) is -0.692. The zero-order valence-electron chi connectivity index (χ0n) is 10.1. The third kappa shape index (κ3) is 1.73. The van der Waals surface area contributed by atoms with Crippen LogP contribution in [0.4, 0.5) is 0 Å². The van der Waals surface area contributed by atoms with Crippen LogP contribution in [0.2, 0.25) is 0 Å². The maximum Gasteiger partial charge on any atom is 0.246 e. The molecule has 15 heavy (non-hydrogen) atoms. The Hall–Kier alpha value is -1.06. The van der Waals surface area contributed by atoms with Crippen molar-refractivity contribution in [3.63, 3.8) is 0 Å². The number of hydrogen-bond acceptors (Lipinski definition) is 2. The topological polar surface area (TPSA) is 49.4 Å². The van der Waals surface area contributed by atoms with Crippen LogP contribution in [0.1, 0.15) is 34.1 Å². The molecule has 0 bridgehead atoms. The van der Waals surface area contributed by atoms with Gasteiger partial charge in [-0.05, 0) is 19.3 Å². The lowest BCUT2D eigenvalue weighted by molar-refractivity contribution is -0.155. The number of nitrogens with one attached hydrogen (secondary N) is 1. The van der Waals surface area contributed by atoms with Crippen LogP contribution in [-0.2, 0) is 9.59 Å². The van der Waals surface area contributed by atoms with Crippen molar-refractivity contribution in [2.45, 2.75) is 45.7 Å². The molecule has 0 radical (unpaired) electrons. The van der Waals surface area contributed by atoms with Gasteiger partial charge in [0.15, 0.2) is 0 Å². The molecule has 1 fully saturated rings. The Kier molecular flexibility index (Phi) is 3.07. The lowest BCUT2D eigenvalue weighted by Crippen LogP contribution is -2.69. The first-order chi connectivity index (χ1) is 6.84. The highest BCUT2D eigenvalue weighted by Crippen LogP contribution is 2.25. The summed E-state index contributed by atoms with van der Waals surface area (Å²) < 4.78 is 0. The summed E-state index contributed by atoms with van der Waals surface area (Å²) in [7, 11) is 1.71. The van der Waals surface area contributed by atoms with Crippen molar-refractivity contribution in [3.8, 4) is 0 Å². The average Bonchev–Trinajstić information content (AvgIpc) is 2.20. The Labute approximate surface area is 91.0 Å². The number of hydrogen-bond donors (Lipinski definition) is 1. The van der Waals surface area contributed by atoms with Crippen molar-refractivity contribution in [3.05, 3.63) is 0 Å². The predicted octanol–water partition coefficient (Wildman–Crippen LogP) is 0.768. The van der Waals surface area contributed by atoms with E-state index in [9.17, 15) is 9.59 Å². The summed E-state index contributed by atoms with van der Waals surface area (Å²) in [5, 5.41) is 2.81. The minimum atomic E-state index is -0.692. The van der Waals surface area contributed by atoms with Gasteiger partial charge in [0, 0.05) is 7.05 Å². The lowest BCUT2D eigenvalue weighted by atomic mass is 9.88. The van der Waals surface area contributed by atoms with Crippen molar-refractivity contribution in [1.82, 2.24) is 10.2 Å². The van der Waals surface area contributed by atoms with Crippen LogP contribution < -0.4 is 5.32 Å². The van der Waals surface area contributed by atoms with E-state index in [0.717, 1.165) is 0 Å². The van der Waals surface area contributed by atoms with Gasteiger partial charge < -0.3 is 10.2 Å². The zero-order valence-corrected chi connectivity index (χ0v) is 10.1. The molecular formula is C11H20N2O2. The number of carbonyl (C=O) groups is 2. The molecule has 2 unspecified atom stereocenters. The largest absolute Gasteiger partial charge is 0.342 e. The first-order valence-electron chi connectivity index (χ1n) is 5.43. The predicted molar refractivity (Wildman–Crippen MR) is 58.2 cm³/mol. The van der Waals surface area contributed by atoms with Crippen molar-refractivity contribution < 1.29 is 9.59 Å². The number of likely N-dealkylation sites (N-methyl/N-ethyl adjacent to an activating group) is 1. The van der Waals surface area contributed by atoms with Crippen LogP contribution in [-0.4, -0.2) is 35.3 Å². The number of piperazine rings is 1. The molecule has 0 saturated carbocycles. The van der Waals surface area contributed by atoms with E-state index in [1.807, 2.05) is 20.8 Å². The molecule has 0 aliphatic carbocycles. The average molecular weight is 212 g/mol. The van der Waals surface area contributed by atoms with E-state index in [1.165, 1.54) is 0 Å². The molecule has 0 spiro atoms. The molecule has 1 aliphatic heterocycles. The molecule has 1 saturated heterocycles. The number of rotatable bonds is 2. The van der Waals surface area contributed by atoms with Crippen molar-refractivity contribution >= 4 is 11.8 Å².